The third-order valence-electron chi connectivity index (χ3n) is 2.92. The number of rotatable bonds is 6. The SMILES string of the molecule is CN(C)CCCCn1c(-c2cccnc2)n[nH]c1=S. The zero-order chi connectivity index (χ0) is 13.7. The molecule has 0 unspecified atom stereocenters. The summed E-state index contributed by atoms with van der Waals surface area (Å²) < 4.78 is 2.71. The number of aromatic nitrogens is 4. The number of nitrogens with zero attached hydrogens (tertiary/aromatic N) is 4. The molecular formula is C13H19N5S. The highest BCUT2D eigenvalue weighted by Crippen LogP contribution is 2.16. The van der Waals surface area contributed by atoms with Crippen molar-refractivity contribution in [2.45, 2.75) is 19.4 Å². The lowest BCUT2D eigenvalue weighted by Crippen LogP contribution is -2.13. The summed E-state index contributed by atoms with van der Waals surface area (Å²) in [6, 6.07) is 3.90. The minimum absolute atomic E-state index is 0.670. The molecule has 0 saturated carbocycles. The largest absolute Gasteiger partial charge is 0.309 e. The predicted octanol–water partition coefficient (Wildman–Crippen LogP) is 2.34. The summed E-state index contributed by atoms with van der Waals surface area (Å²) in [4.78, 5) is 6.31. The highest BCUT2D eigenvalue weighted by atomic mass is 32.1. The van der Waals surface area contributed by atoms with E-state index in [1.165, 1.54) is 0 Å². The van der Waals surface area contributed by atoms with E-state index in [2.05, 4.69) is 34.2 Å². The van der Waals surface area contributed by atoms with E-state index in [4.69, 9.17) is 12.2 Å². The lowest BCUT2D eigenvalue weighted by Gasteiger charge is -2.10. The number of unbranched alkanes of at least 4 members (excludes halogenated alkanes) is 1. The van der Waals surface area contributed by atoms with Crippen molar-refractivity contribution in [1.29, 1.82) is 0 Å². The van der Waals surface area contributed by atoms with E-state index in [0.717, 1.165) is 37.3 Å². The molecule has 0 aliphatic heterocycles. The second-order valence-corrected chi connectivity index (χ2v) is 5.14. The van der Waals surface area contributed by atoms with Crippen molar-refractivity contribution in [1.82, 2.24) is 24.6 Å². The molecule has 0 spiro atoms. The average molecular weight is 277 g/mol. The zero-order valence-corrected chi connectivity index (χ0v) is 12.2. The van der Waals surface area contributed by atoms with Gasteiger partial charge in [-0.1, -0.05) is 0 Å². The van der Waals surface area contributed by atoms with Gasteiger partial charge in [-0.05, 0) is 57.8 Å². The van der Waals surface area contributed by atoms with Crippen LogP contribution < -0.4 is 0 Å². The number of nitrogens with one attached hydrogen (secondary N) is 1. The molecule has 0 fully saturated rings. The standard InChI is InChI=1S/C13H19N5S/c1-17(2)8-3-4-9-18-12(15-16-13(18)19)11-6-5-7-14-10-11/h5-7,10H,3-4,8-9H2,1-2H3,(H,16,19). The molecule has 0 bridgehead atoms. The van der Waals surface area contributed by atoms with Gasteiger partial charge < -0.3 is 9.47 Å². The van der Waals surface area contributed by atoms with Gasteiger partial charge in [0.1, 0.15) is 0 Å². The summed E-state index contributed by atoms with van der Waals surface area (Å²) in [7, 11) is 4.18. The minimum atomic E-state index is 0.670. The topological polar surface area (TPSA) is 49.7 Å². The van der Waals surface area contributed by atoms with E-state index in [1.54, 1.807) is 12.4 Å². The fourth-order valence-corrected chi connectivity index (χ4v) is 2.16. The fraction of sp³-hybridized carbons (Fsp3) is 0.462. The monoisotopic (exact) mass is 277 g/mol. The number of pyridine rings is 1. The first-order valence-electron chi connectivity index (χ1n) is 6.39. The Labute approximate surface area is 118 Å². The lowest BCUT2D eigenvalue weighted by molar-refractivity contribution is 0.387. The van der Waals surface area contributed by atoms with Crippen molar-refractivity contribution in [2.75, 3.05) is 20.6 Å². The van der Waals surface area contributed by atoms with E-state index in [0.29, 0.717) is 4.77 Å². The van der Waals surface area contributed by atoms with Gasteiger partial charge in [-0.25, -0.2) is 0 Å². The third-order valence-corrected chi connectivity index (χ3v) is 3.23. The molecule has 6 heteroatoms. The van der Waals surface area contributed by atoms with Crippen molar-refractivity contribution in [3.8, 4) is 11.4 Å². The summed E-state index contributed by atoms with van der Waals surface area (Å²) in [5.74, 6) is 0.864. The molecular weight excluding hydrogens is 258 g/mol. The van der Waals surface area contributed by atoms with Gasteiger partial charge in [0, 0.05) is 24.5 Å². The maximum absolute atomic E-state index is 5.29. The number of hydrogen-bond donors (Lipinski definition) is 1. The minimum Gasteiger partial charge on any atom is -0.309 e. The quantitative estimate of drug-likeness (QED) is 0.650. The van der Waals surface area contributed by atoms with Crippen LogP contribution in [0.2, 0.25) is 0 Å². The number of H-pyrrole nitrogens is 1. The van der Waals surface area contributed by atoms with Gasteiger partial charge in [-0.2, -0.15) is 5.10 Å². The average Bonchev–Trinajstić information content (AvgIpc) is 2.77. The normalized spacial score (nSPS) is 11.1. The van der Waals surface area contributed by atoms with E-state index in [1.807, 2.05) is 16.7 Å². The van der Waals surface area contributed by atoms with Crippen LogP contribution in [0.15, 0.2) is 24.5 Å². The van der Waals surface area contributed by atoms with Gasteiger partial charge in [-0.15, -0.1) is 0 Å². The Morgan fingerprint density at radius 3 is 2.89 bits per heavy atom. The lowest BCUT2D eigenvalue weighted by atomic mass is 10.2. The van der Waals surface area contributed by atoms with Crippen LogP contribution in [0.4, 0.5) is 0 Å². The molecule has 1 N–H and O–H groups in total. The molecule has 2 aromatic rings. The number of aromatic amines is 1. The zero-order valence-electron chi connectivity index (χ0n) is 11.3. The van der Waals surface area contributed by atoms with Gasteiger partial charge in [0.15, 0.2) is 10.6 Å². The van der Waals surface area contributed by atoms with Crippen LogP contribution in [0.25, 0.3) is 11.4 Å². The summed E-state index contributed by atoms with van der Waals surface area (Å²) in [6.07, 6.45) is 5.79. The molecule has 0 aliphatic carbocycles. The molecule has 0 saturated heterocycles. The second-order valence-electron chi connectivity index (χ2n) is 4.76. The summed E-state index contributed by atoms with van der Waals surface area (Å²) >= 11 is 5.29. The van der Waals surface area contributed by atoms with E-state index >= 15 is 0 Å². The molecule has 5 nitrogen and oxygen atoms in total. The number of hydrogen-bond acceptors (Lipinski definition) is 4. The van der Waals surface area contributed by atoms with Gasteiger partial charge in [0.25, 0.3) is 0 Å². The molecule has 0 aromatic carbocycles. The van der Waals surface area contributed by atoms with Crippen molar-refractivity contribution in [3.63, 3.8) is 0 Å². The Morgan fingerprint density at radius 2 is 2.21 bits per heavy atom. The maximum Gasteiger partial charge on any atom is 0.195 e. The molecule has 2 rings (SSSR count). The first kappa shape index (κ1) is 13.9. The van der Waals surface area contributed by atoms with E-state index in [-0.39, 0.29) is 0 Å². The van der Waals surface area contributed by atoms with Crippen LogP contribution >= 0.6 is 12.2 Å². The van der Waals surface area contributed by atoms with Crippen LogP contribution in [0.1, 0.15) is 12.8 Å². The van der Waals surface area contributed by atoms with Crippen LogP contribution in [-0.4, -0.2) is 45.3 Å². The van der Waals surface area contributed by atoms with Gasteiger partial charge in [0.2, 0.25) is 0 Å². The molecule has 0 amide bonds. The van der Waals surface area contributed by atoms with Crippen LogP contribution in [0.3, 0.4) is 0 Å². The predicted molar refractivity (Wildman–Crippen MR) is 78.4 cm³/mol. The Hall–Kier alpha value is -1.53. The Morgan fingerprint density at radius 1 is 1.37 bits per heavy atom. The molecule has 2 heterocycles. The smallest absolute Gasteiger partial charge is 0.195 e. The van der Waals surface area contributed by atoms with Crippen molar-refractivity contribution in [3.05, 3.63) is 29.3 Å². The summed E-state index contributed by atoms with van der Waals surface area (Å²) in [5, 5.41) is 7.16. The van der Waals surface area contributed by atoms with Gasteiger partial charge in [0.05, 0.1) is 0 Å². The third kappa shape index (κ3) is 3.71. The first-order valence-corrected chi connectivity index (χ1v) is 6.79. The first-order chi connectivity index (χ1) is 9.18. The van der Waals surface area contributed by atoms with Crippen molar-refractivity contribution < 1.29 is 0 Å². The molecule has 19 heavy (non-hydrogen) atoms. The maximum atomic E-state index is 5.29. The molecule has 2 aromatic heterocycles. The molecule has 102 valence electrons. The Bertz CT molecular complexity index is 558. The van der Waals surface area contributed by atoms with Crippen LogP contribution in [0, 0.1) is 4.77 Å². The highest BCUT2D eigenvalue weighted by molar-refractivity contribution is 7.71. The second kappa shape index (κ2) is 6.58. The van der Waals surface area contributed by atoms with Gasteiger partial charge in [-0.3, -0.25) is 10.1 Å². The summed E-state index contributed by atoms with van der Waals surface area (Å²) in [6.45, 7) is 1.97. The Balaban J connectivity index is 2.08. The van der Waals surface area contributed by atoms with E-state index < -0.39 is 0 Å². The van der Waals surface area contributed by atoms with Crippen LogP contribution in [0.5, 0.6) is 0 Å². The summed E-state index contributed by atoms with van der Waals surface area (Å²) in [5.41, 5.74) is 0.988. The van der Waals surface area contributed by atoms with Crippen molar-refractivity contribution in [2.24, 2.45) is 0 Å². The highest BCUT2D eigenvalue weighted by Gasteiger charge is 2.08. The fourth-order valence-electron chi connectivity index (χ4n) is 1.94. The van der Waals surface area contributed by atoms with Gasteiger partial charge >= 0.3 is 0 Å². The van der Waals surface area contributed by atoms with E-state index in [9.17, 15) is 0 Å². The van der Waals surface area contributed by atoms with Crippen molar-refractivity contribution >= 4 is 12.2 Å². The molecule has 0 atom stereocenters. The molecule has 0 aliphatic rings. The molecule has 0 radical (unpaired) electrons. The Kier molecular flexibility index (Phi) is 4.81. The van der Waals surface area contributed by atoms with Crippen LogP contribution in [-0.2, 0) is 6.54 Å².